The Morgan fingerprint density at radius 2 is 0.567 bits per heavy atom. The number of benzene rings is 10. The fraction of sp³-hybridized carbons (Fsp3) is 0.261. The van der Waals surface area contributed by atoms with Crippen molar-refractivity contribution in [3.05, 3.63) is 387 Å². The Balaban J connectivity index is 0.000000167. The predicted molar refractivity (Wildman–Crippen MR) is 510 cm³/mol. The van der Waals surface area contributed by atoms with Crippen LogP contribution in [0, 0.1) is 82.9 Å². The molecule has 5 heteroatoms. The first-order valence-electron chi connectivity index (χ1n) is 50.8. The largest absolute Gasteiger partial charge is 0.213 e. The molecule has 15 rings (SSSR count). The summed E-state index contributed by atoms with van der Waals surface area (Å²) in [6.07, 6.45) is 10.1. The van der Waals surface area contributed by atoms with Gasteiger partial charge in [0.25, 0.3) is 0 Å². The Bertz CT molecular complexity index is 6870. The van der Waals surface area contributed by atoms with E-state index in [1.807, 2.05) is 179 Å². The van der Waals surface area contributed by atoms with Gasteiger partial charge in [-0.2, -0.15) is 0 Å². The van der Waals surface area contributed by atoms with Crippen LogP contribution in [-0.2, 0) is 40.7 Å². The van der Waals surface area contributed by atoms with Crippen LogP contribution in [0.1, 0.15) is 195 Å². The molecule has 10 aromatic carbocycles. The van der Waals surface area contributed by atoms with Gasteiger partial charge in [-0.1, -0.05) is 249 Å². The fourth-order valence-electron chi connectivity index (χ4n) is 15.3. The first-order valence-corrected chi connectivity index (χ1v) is 41.3. The summed E-state index contributed by atoms with van der Waals surface area (Å²) in [6.45, 7) is 14.1. The predicted octanol–water partition coefficient (Wildman–Crippen LogP) is 27.6. The van der Waals surface area contributed by atoms with Crippen LogP contribution in [0.2, 0.25) is 0 Å². The van der Waals surface area contributed by atoms with Gasteiger partial charge in [-0.25, -0.2) is 22.8 Å². The fourth-order valence-corrected chi connectivity index (χ4v) is 15.3. The molecule has 0 amide bonds. The van der Waals surface area contributed by atoms with Gasteiger partial charge in [0.05, 0.1) is 0 Å². The molecule has 610 valence electrons. The smallest absolute Gasteiger partial charge is 0.201 e. The Morgan fingerprint density at radius 1 is 0.275 bits per heavy atom. The molecule has 0 saturated carbocycles. The molecule has 0 N–H and O–H groups in total. The first kappa shape index (κ1) is 65.8. The van der Waals surface area contributed by atoms with Crippen LogP contribution < -0.4 is 22.8 Å². The van der Waals surface area contributed by atoms with Crippen molar-refractivity contribution in [1.29, 1.82) is 0 Å². The zero-order chi connectivity index (χ0) is 102. The van der Waals surface area contributed by atoms with Crippen molar-refractivity contribution in [2.75, 3.05) is 0 Å². The van der Waals surface area contributed by atoms with Crippen LogP contribution in [-0.4, -0.2) is 0 Å². The third-order valence-electron chi connectivity index (χ3n) is 22.7. The minimum absolute atomic E-state index is 0.0757. The summed E-state index contributed by atoms with van der Waals surface area (Å²) in [5, 5.41) is 0. The van der Waals surface area contributed by atoms with Crippen LogP contribution in [0.4, 0.5) is 0 Å². The molecule has 1 atom stereocenters. The van der Waals surface area contributed by atoms with Crippen molar-refractivity contribution >= 4 is 0 Å². The zero-order valence-corrected chi connectivity index (χ0v) is 73.7. The number of aromatic nitrogens is 5. The highest BCUT2D eigenvalue weighted by Crippen LogP contribution is 2.37. The van der Waals surface area contributed by atoms with Gasteiger partial charge < -0.3 is 0 Å². The highest BCUT2D eigenvalue weighted by Gasteiger charge is 2.23. The maximum Gasteiger partial charge on any atom is 0.213 e. The van der Waals surface area contributed by atoms with Gasteiger partial charge in [0.15, 0.2) is 31.0 Å². The van der Waals surface area contributed by atoms with Crippen LogP contribution in [0.5, 0.6) is 0 Å². The second-order valence-electron chi connectivity index (χ2n) is 32.9. The molecule has 5 aromatic heterocycles. The van der Waals surface area contributed by atoms with E-state index in [1.165, 1.54) is 103 Å². The van der Waals surface area contributed by atoms with Crippen molar-refractivity contribution in [1.82, 2.24) is 0 Å². The van der Waals surface area contributed by atoms with E-state index in [2.05, 4.69) is 230 Å². The lowest BCUT2D eigenvalue weighted by Crippen LogP contribution is -2.30. The Kier molecular flexibility index (Phi) is 21.5. The second kappa shape index (κ2) is 39.2. The number of aryl methyl sites for hydroxylation is 16. The minimum Gasteiger partial charge on any atom is -0.201 e. The third-order valence-corrected chi connectivity index (χ3v) is 22.7. The molecular formula is C115H130N5+5. The SMILES string of the molecule is Cc1cc(C)cc(-c2cc[n+](C)c(-c3ccccc3C)c2)c1.Cc1ccccc1-c1cc(-c2cc(C(C)C)cc(C(C)C)c2)cc[n+]1C.[2H]C([2H])([2H])C([2H])(C)c1cc(-c2cc[n+](C)c(-c3ccccc3C)c2)ccc1C.[2H]C([2H])([2H])c1cc(-c2cc[n+](C)c(-c3ccccc3C)c2)cc(C([2H])([2H])[2H])c1C.[2H]C([2H])([2H])c1cc(-c2cc[n+](C)c(-c3ccccc3C)c2)ccc1C(C)(C([2H])([2H])[2H])C([2H])([2H])[2H]. The van der Waals surface area contributed by atoms with E-state index in [4.69, 9.17) is 26.0 Å². The van der Waals surface area contributed by atoms with E-state index in [-0.39, 0.29) is 22.3 Å². The highest BCUT2D eigenvalue weighted by molar-refractivity contribution is 5.77. The summed E-state index contributed by atoms with van der Waals surface area (Å²) in [5.41, 5.74) is 31.4. The summed E-state index contributed by atoms with van der Waals surface area (Å²) in [4.78, 5) is 0. The second-order valence-corrected chi connectivity index (χ2v) is 32.9. The van der Waals surface area contributed by atoms with Crippen LogP contribution in [0.25, 0.3) is 112 Å². The molecule has 120 heavy (non-hydrogen) atoms. The Labute approximate surface area is 747 Å². The average molecular weight is 1600 g/mol. The van der Waals surface area contributed by atoms with Crippen LogP contribution in [0.3, 0.4) is 0 Å². The number of rotatable bonds is 13. The first-order chi connectivity index (χ1) is 64.8. The average Bonchev–Trinajstić information content (AvgIpc) is 0.724. The number of hydrogen-bond donors (Lipinski definition) is 0. The van der Waals surface area contributed by atoms with Gasteiger partial charge in [-0.05, 0) is 270 Å². The van der Waals surface area contributed by atoms with Gasteiger partial charge in [0.2, 0.25) is 28.5 Å². The molecular weight excluding hydrogens is 1450 g/mol. The molecule has 0 bridgehead atoms. The summed E-state index contributed by atoms with van der Waals surface area (Å²) < 4.78 is 161. The van der Waals surface area contributed by atoms with E-state index >= 15 is 0 Å². The van der Waals surface area contributed by atoms with E-state index < -0.39 is 52.4 Å². The number of pyridine rings is 5. The molecule has 15 aromatic rings. The standard InChI is InChI=1S/C25H30N.C24H28N.C23H26N.C22H24N.C21H22N/c1-17(2)21-13-22(18(3)4)15-23(14-21)20-11-12-26(6)25(16-20)24-10-8-7-9-19(24)5;1-17-9-7-8-10-21(17)23-16-20(13-14-25(23)6)19-11-12-22(18(2)15-19)24(3,4)5;1-16(2)22-14-19(11-10-18(22)4)20-12-13-24(5)23(15-20)21-9-7-6-8-17(21)3;1-15-8-6-7-9-21(15)22-14-19(10-11-23(22)5)20-12-16(2)18(4)17(3)13-20;1-15-11-16(2)13-19(12-15)18-9-10-22(4)21(14-18)20-8-6-5-7-17(20)3/h7-18H,1-6H3;7-16H,1-6H3;6-16H,1-5H3;6-14H,1-5H3;5-14H,1-4H3/q5*+1/i;2D3,3D3,4D3;1D3,16D;2D3,3D3;. The van der Waals surface area contributed by atoms with Gasteiger partial charge in [-0.3, -0.25) is 0 Å². The highest BCUT2D eigenvalue weighted by atomic mass is 14.9. The minimum atomic E-state index is -2.95. The van der Waals surface area contributed by atoms with Crippen molar-refractivity contribution in [3.8, 4) is 112 Å². The summed E-state index contributed by atoms with van der Waals surface area (Å²) in [7, 11) is 10.1. The summed E-state index contributed by atoms with van der Waals surface area (Å²) in [5.74, 6) is -0.600. The normalized spacial score (nSPS) is 14.6. The molecule has 0 aliphatic carbocycles. The van der Waals surface area contributed by atoms with Gasteiger partial charge in [0, 0.05) is 115 Å². The van der Waals surface area contributed by atoms with Crippen molar-refractivity contribution in [3.63, 3.8) is 0 Å². The van der Waals surface area contributed by atoms with Crippen LogP contribution in [0.15, 0.2) is 298 Å². The summed E-state index contributed by atoms with van der Waals surface area (Å²) in [6, 6.07) is 89.2. The Morgan fingerprint density at radius 3 is 0.883 bits per heavy atom. The molecule has 5 nitrogen and oxygen atoms in total. The van der Waals surface area contributed by atoms with E-state index in [1.54, 1.807) is 25.1 Å². The summed E-state index contributed by atoms with van der Waals surface area (Å²) >= 11 is 0. The Hall–Kier alpha value is -12.1. The van der Waals surface area contributed by atoms with Crippen molar-refractivity contribution < 1.29 is 48.9 Å². The molecule has 0 fully saturated rings. The molecule has 0 aliphatic heterocycles. The van der Waals surface area contributed by atoms with E-state index in [0.29, 0.717) is 34.1 Å². The molecule has 5 heterocycles. The monoisotopic (exact) mass is 1600 g/mol. The maximum absolute atomic E-state index is 8.49. The van der Waals surface area contributed by atoms with Crippen molar-refractivity contribution in [2.45, 2.75) is 168 Å². The number of hydrogen-bond acceptors (Lipinski definition) is 0. The number of nitrogens with zero attached hydrogens (tertiary/aromatic N) is 5. The van der Waals surface area contributed by atoms with E-state index in [0.717, 1.165) is 79.6 Å². The van der Waals surface area contributed by atoms with Gasteiger partial charge in [-0.15, -0.1) is 0 Å². The lowest BCUT2D eigenvalue weighted by molar-refractivity contribution is -0.660. The van der Waals surface area contributed by atoms with Gasteiger partial charge in [0.1, 0.15) is 35.2 Å². The zero-order valence-electron chi connectivity index (χ0n) is 92.7. The van der Waals surface area contributed by atoms with Crippen molar-refractivity contribution in [2.24, 2.45) is 35.2 Å². The topological polar surface area (TPSA) is 19.4 Å². The quantitative estimate of drug-likeness (QED) is 0.103. The van der Waals surface area contributed by atoms with Gasteiger partial charge >= 0.3 is 0 Å². The molecule has 1 unspecified atom stereocenters. The van der Waals surface area contributed by atoms with Crippen LogP contribution >= 0.6 is 0 Å². The molecule has 0 aliphatic rings. The third kappa shape index (κ3) is 21.7. The lowest BCUT2D eigenvalue weighted by Gasteiger charge is -2.22. The lowest BCUT2D eigenvalue weighted by atomic mass is 9.83. The molecule has 0 radical (unpaired) electrons. The molecule has 0 saturated heterocycles. The van der Waals surface area contributed by atoms with E-state index in [9.17, 15) is 0 Å². The maximum atomic E-state index is 8.49. The molecule has 0 spiro atoms.